The zero-order valence-corrected chi connectivity index (χ0v) is 25.6. The standard InChI is InChI=1S/C41H33N3O/c1-26-18-19-31(24-36(26)33-22-23-42-41(45)28(33)3)32-20-21-40-37(25-32)35-15-9-11-17-39(35)44(40)29(4)43-38-16-10-8-14-34(38)27(2)30-12-6-5-7-13-30/h5-25H,4H2,1-3H3,(H,42,45)/b34-27+,43-38-. The van der Waals surface area contributed by atoms with Gasteiger partial charge in [0.1, 0.15) is 5.82 Å². The van der Waals surface area contributed by atoms with Crippen LogP contribution in [0.25, 0.3) is 55.5 Å². The van der Waals surface area contributed by atoms with Crippen LogP contribution in [0, 0.1) is 13.8 Å². The van der Waals surface area contributed by atoms with E-state index in [1.165, 1.54) is 11.1 Å². The highest BCUT2D eigenvalue weighted by molar-refractivity contribution is 6.18. The molecule has 0 bridgehead atoms. The summed E-state index contributed by atoms with van der Waals surface area (Å²) in [5, 5.41) is 2.28. The number of aromatic amines is 1. The van der Waals surface area contributed by atoms with Crippen LogP contribution < -0.4 is 5.56 Å². The molecule has 0 saturated carbocycles. The average molecular weight is 584 g/mol. The summed E-state index contributed by atoms with van der Waals surface area (Å²) in [4.78, 5) is 20.3. The van der Waals surface area contributed by atoms with E-state index in [0.29, 0.717) is 5.82 Å². The fourth-order valence-electron chi connectivity index (χ4n) is 6.29. The van der Waals surface area contributed by atoms with Crippen molar-refractivity contribution in [2.45, 2.75) is 20.8 Å². The Morgan fingerprint density at radius 1 is 0.756 bits per heavy atom. The predicted molar refractivity (Wildman–Crippen MR) is 190 cm³/mol. The summed E-state index contributed by atoms with van der Waals surface area (Å²) in [5.74, 6) is 0.657. The second-order valence-electron chi connectivity index (χ2n) is 11.5. The van der Waals surface area contributed by atoms with Crippen LogP contribution in [0.5, 0.6) is 0 Å². The number of nitrogens with one attached hydrogen (secondary N) is 1. The lowest BCUT2D eigenvalue weighted by Crippen LogP contribution is -2.09. The van der Waals surface area contributed by atoms with E-state index in [9.17, 15) is 4.79 Å². The predicted octanol–water partition coefficient (Wildman–Crippen LogP) is 9.90. The summed E-state index contributed by atoms with van der Waals surface area (Å²) in [6.45, 7) is 10.6. The number of hydrogen-bond donors (Lipinski definition) is 1. The minimum Gasteiger partial charge on any atom is -0.329 e. The average Bonchev–Trinajstić information content (AvgIpc) is 3.40. The molecule has 4 heteroatoms. The monoisotopic (exact) mass is 583 g/mol. The molecule has 0 saturated heterocycles. The number of allylic oxidation sites excluding steroid dienone is 6. The van der Waals surface area contributed by atoms with Gasteiger partial charge in [0.25, 0.3) is 5.56 Å². The molecular weight excluding hydrogens is 550 g/mol. The van der Waals surface area contributed by atoms with E-state index in [2.05, 4.69) is 133 Å². The Morgan fingerprint density at radius 3 is 2.31 bits per heavy atom. The zero-order chi connectivity index (χ0) is 31.1. The third-order valence-electron chi connectivity index (χ3n) is 8.77. The molecule has 0 unspecified atom stereocenters. The van der Waals surface area contributed by atoms with Crippen molar-refractivity contribution < 1.29 is 0 Å². The molecule has 45 heavy (non-hydrogen) atoms. The van der Waals surface area contributed by atoms with E-state index in [1.807, 2.05) is 25.1 Å². The van der Waals surface area contributed by atoms with Crippen molar-refractivity contribution in [3.8, 4) is 22.3 Å². The second kappa shape index (κ2) is 11.4. The molecule has 1 aliphatic carbocycles. The summed E-state index contributed by atoms with van der Waals surface area (Å²) >= 11 is 0. The molecule has 0 spiro atoms. The van der Waals surface area contributed by atoms with Gasteiger partial charge < -0.3 is 4.98 Å². The first kappa shape index (κ1) is 28.1. The first-order chi connectivity index (χ1) is 21.9. The molecule has 1 aliphatic rings. The molecule has 0 radical (unpaired) electrons. The van der Waals surface area contributed by atoms with Gasteiger partial charge in [-0.1, -0.05) is 91.5 Å². The Morgan fingerprint density at radius 2 is 1.47 bits per heavy atom. The third-order valence-corrected chi connectivity index (χ3v) is 8.77. The lowest BCUT2D eigenvalue weighted by atomic mass is 9.93. The first-order valence-corrected chi connectivity index (χ1v) is 15.1. The number of aryl methyl sites for hydroxylation is 1. The van der Waals surface area contributed by atoms with Crippen LogP contribution in [0.3, 0.4) is 0 Å². The van der Waals surface area contributed by atoms with Crippen LogP contribution in [-0.4, -0.2) is 15.3 Å². The number of para-hydroxylation sites is 1. The lowest BCUT2D eigenvalue weighted by molar-refractivity contribution is 1.18. The molecule has 4 aromatic carbocycles. The molecule has 7 rings (SSSR count). The third kappa shape index (κ3) is 5.00. The number of aromatic nitrogens is 2. The van der Waals surface area contributed by atoms with Crippen molar-refractivity contribution >= 4 is 38.9 Å². The molecule has 0 amide bonds. The first-order valence-electron chi connectivity index (χ1n) is 15.1. The molecule has 0 atom stereocenters. The quantitative estimate of drug-likeness (QED) is 0.216. The van der Waals surface area contributed by atoms with Gasteiger partial charge in [-0.05, 0) is 96.1 Å². The van der Waals surface area contributed by atoms with Crippen LogP contribution in [-0.2, 0) is 0 Å². The van der Waals surface area contributed by atoms with Crippen molar-refractivity contribution in [2.24, 2.45) is 4.99 Å². The SMILES string of the molecule is C=C(/N=C1/C=CC=C/C1=C(/C)c1ccccc1)n1c2ccccc2c2cc(-c3ccc(C)c(-c4cc[nH]c(=O)c4C)c3)ccc21. The van der Waals surface area contributed by atoms with Crippen molar-refractivity contribution in [3.63, 3.8) is 0 Å². The summed E-state index contributed by atoms with van der Waals surface area (Å²) < 4.78 is 2.16. The fraction of sp³-hybridized carbons (Fsp3) is 0.0732. The number of rotatable bonds is 5. The zero-order valence-electron chi connectivity index (χ0n) is 25.6. The highest BCUT2D eigenvalue weighted by Crippen LogP contribution is 2.37. The maximum Gasteiger partial charge on any atom is 0.251 e. The Balaban J connectivity index is 1.34. The molecule has 2 heterocycles. The van der Waals surface area contributed by atoms with Crippen LogP contribution in [0.15, 0.2) is 150 Å². The Hall–Kier alpha value is -5.74. The summed E-state index contributed by atoms with van der Waals surface area (Å²) in [6.07, 6.45) is 9.97. The maximum absolute atomic E-state index is 12.4. The van der Waals surface area contributed by atoms with Gasteiger partial charge >= 0.3 is 0 Å². The maximum atomic E-state index is 12.4. The molecule has 6 aromatic rings. The van der Waals surface area contributed by atoms with Crippen LogP contribution in [0.4, 0.5) is 0 Å². The molecule has 0 aliphatic heterocycles. The van der Waals surface area contributed by atoms with Crippen molar-refractivity contribution in [1.82, 2.24) is 9.55 Å². The largest absolute Gasteiger partial charge is 0.329 e. The molecule has 0 fully saturated rings. The Bertz CT molecular complexity index is 2320. The number of hydrogen-bond acceptors (Lipinski definition) is 2. The van der Waals surface area contributed by atoms with Gasteiger partial charge in [0.05, 0.1) is 16.7 Å². The van der Waals surface area contributed by atoms with Crippen molar-refractivity contribution in [3.05, 3.63) is 167 Å². The van der Waals surface area contributed by atoms with Gasteiger partial charge in [0.2, 0.25) is 0 Å². The number of nitrogens with zero attached hydrogens (tertiary/aromatic N) is 2. The van der Waals surface area contributed by atoms with E-state index in [4.69, 9.17) is 4.99 Å². The van der Waals surface area contributed by atoms with E-state index < -0.39 is 0 Å². The van der Waals surface area contributed by atoms with E-state index in [1.54, 1.807) is 6.20 Å². The van der Waals surface area contributed by atoms with E-state index in [-0.39, 0.29) is 5.56 Å². The summed E-state index contributed by atoms with van der Waals surface area (Å²) in [6, 6.07) is 33.9. The number of H-pyrrole nitrogens is 1. The Kier molecular flexibility index (Phi) is 7.11. The van der Waals surface area contributed by atoms with Gasteiger partial charge in [-0.3, -0.25) is 9.36 Å². The number of pyridine rings is 1. The van der Waals surface area contributed by atoms with Gasteiger partial charge in [0.15, 0.2) is 0 Å². The molecular formula is C41H33N3O. The van der Waals surface area contributed by atoms with E-state index >= 15 is 0 Å². The lowest BCUT2D eigenvalue weighted by Gasteiger charge is -2.14. The number of aliphatic imine (C=N–C) groups is 1. The molecule has 2 aromatic heterocycles. The summed E-state index contributed by atoms with van der Waals surface area (Å²) in [5.41, 5.74) is 12.4. The smallest absolute Gasteiger partial charge is 0.251 e. The molecule has 4 nitrogen and oxygen atoms in total. The second-order valence-corrected chi connectivity index (χ2v) is 11.5. The van der Waals surface area contributed by atoms with Crippen molar-refractivity contribution in [2.75, 3.05) is 0 Å². The normalized spacial score (nSPS) is 14.9. The molecule has 218 valence electrons. The van der Waals surface area contributed by atoms with Crippen LogP contribution in [0.1, 0.15) is 23.6 Å². The van der Waals surface area contributed by atoms with Crippen LogP contribution >= 0.6 is 0 Å². The van der Waals surface area contributed by atoms with Gasteiger partial charge in [-0.25, -0.2) is 4.99 Å². The minimum absolute atomic E-state index is 0.0621. The molecule has 1 N–H and O–H groups in total. The van der Waals surface area contributed by atoms with E-state index in [0.717, 1.165) is 66.5 Å². The van der Waals surface area contributed by atoms with Crippen LogP contribution in [0.2, 0.25) is 0 Å². The Labute approximate surface area is 262 Å². The highest BCUT2D eigenvalue weighted by Gasteiger charge is 2.16. The van der Waals surface area contributed by atoms with Gasteiger partial charge in [-0.2, -0.15) is 0 Å². The minimum atomic E-state index is -0.0621. The fourth-order valence-corrected chi connectivity index (χ4v) is 6.29. The van der Waals surface area contributed by atoms with Gasteiger partial charge in [-0.15, -0.1) is 0 Å². The number of benzene rings is 4. The number of fused-ring (bicyclic) bond motifs is 3. The topological polar surface area (TPSA) is 50.1 Å². The summed E-state index contributed by atoms with van der Waals surface area (Å²) in [7, 11) is 0. The highest BCUT2D eigenvalue weighted by atomic mass is 16.1. The van der Waals surface area contributed by atoms with Gasteiger partial charge in [0, 0.05) is 28.1 Å². The van der Waals surface area contributed by atoms with Crippen molar-refractivity contribution in [1.29, 1.82) is 0 Å².